The van der Waals surface area contributed by atoms with E-state index in [4.69, 9.17) is 18.9 Å². The zero-order chi connectivity index (χ0) is 21.3. The molecule has 0 saturated carbocycles. The molecule has 0 aromatic heterocycles. The number of methoxy groups -OCH3 is 1. The van der Waals surface area contributed by atoms with Gasteiger partial charge in [-0.2, -0.15) is 0 Å². The number of hydrogen-bond donors (Lipinski definition) is 0. The van der Waals surface area contributed by atoms with E-state index in [9.17, 15) is 4.79 Å². The lowest BCUT2D eigenvalue weighted by atomic mass is 10.0. The highest BCUT2D eigenvalue weighted by Gasteiger charge is 2.56. The van der Waals surface area contributed by atoms with Crippen LogP contribution < -0.4 is 14.4 Å². The summed E-state index contributed by atoms with van der Waals surface area (Å²) < 4.78 is 23.1. The first-order chi connectivity index (χ1) is 14.4. The van der Waals surface area contributed by atoms with Crippen LogP contribution in [0.25, 0.3) is 0 Å². The molecule has 0 atom stereocenters. The van der Waals surface area contributed by atoms with Gasteiger partial charge in [0.25, 0.3) is 11.7 Å². The number of carbonyl (C=O) groups excluding carboxylic acids is 1. The number of rotatable bonds is 7. The molecule has 2 aliphatic rings. The second kappa shape index (κ2) is 8.28. The zero-order valence-corrected chi connectivity index (χ0v) is 18.1. The van der Waals surface area contributed by atoms with E-state index in [0.717, 1.165) is 28.8 Å². The number of anilines is 1. The van der Waals surface area contributed by atoms with Crippen molar-refractivity contribution in [2.75, 3.05) is 31.8 Å². The second-order valence-electron chi connectivity index (χ2n) is 8.24. The number of ether oxygens (including phenoxy) is 4. The number of fused-ring (bicyclic) bond motifs is 2. The standard InChI is InChI=1S/C24H29NO5/c1-16(2)9-10-28-21-8-6-18(14-22(21)27-4)15-25-20-7-5-17(3)13-19(20)24(23(25)26)29-11-12-30-24/h5-8,13-14,16H,9-12,15H2,1-4H3. The molecule has 0 bridgehead atoms. The lowest BCUT2D eigenvalue weighted by Gasteiger charge is -2.22. The van der Waals surface area contributed by atoms with E-state index < -0.39 is 5.79 Å². The molecule has 2 heterocycles. The Morgan fingerprint density at radius 1 is 1.10 bits per heavy atom. The van der Waals surface area contributed by atoms with Crippen LogP contribution in [0.15, 0.2) is 36.4 Å². The van der Waals surface area contributed by atoms with Gasteiger partial charge in [-0.3, -0.25) is 4.79 Å². The first-order valence-electron chi connectivity index (χ1n) is 10.5. The highest BCUT2D eigenvalue weighted by atomic mass is 16.7. The van der Waals surface area contributed by atoms with Crippen LogP contribution in [0, 0.1) is 12.8 Å². The average Bonchev–Trinajstić information content (AvgIpc) is 3.30. The number of amides is 1. The van der Waals surface area contributed by atoms with E-state index in [1.165, 1.54) is 0 Å². The minimum atomic E-state index is -1.31. The van der Waals surface area contributed by atoms with Crippen LogP contribution in [-0.4, -0.2) is 32.8 Å². The Morgan fingerprint density at radius 2 is 1.87 bits per heavy atom. The van der Waals surface area contributed by atoms with Crippen LogP contribution in [0.1, 0.15) is 37.0 Å². The van der Waals surface area contributed by atoms with Crippen LogP contribution in [0.2, 0.25) is 0 Å². The first kappa shape index (κ1) is 20.7. The van der Waals surface area contributed by atoms with Gasteiger partial charge in [-0.1, -0.05) is 31.5 Å². The summed E-state index contributed by atoms with van der Waals surface area (Å²) in [6.07, 6.45) is 0.978. The maximum absolute atomic E-state index is 13.3. The summed E-state index contributed by atoms with van der Waals surface area (Å²) in [5, 5.41) is 0. The smallest absolute Gasteiger partial charge is 0.292 e. The Labute approximate surface area is 177 Å². The van der Waals surface area contributed by atoms with Crippen molar-refractivity contribution >= 4 is 11.6 Å². The predicted molar refractivity (Wildman–Crippen MR) is 114 cm³/mol. The topological polar surface area (TPSA) is 57.2 Å². The van der Waals surface area contributed by atoms with Crippen LogP contribution in [0.3, 0.4) is 0 Å². The molecular weight excluding hydrogens is 382 g/mol. The molecule has 160 valence electrons. The molecule has 0 aliphatic carbocycles. The van der Waals surface area contributed by atoms with Crippen LogP contribution in [0.5, 0.6) is 11.5 Å². The Kier molecular flexibility index (Phi) is 5.71. The quantitative estimate of drug-likeness (QED) is 0.684. The van der Waals surface area contributed by atoms with E-state index in [0.29, 0.717) is 43.8 Å². The number of carbonyl (C=O) groups is 1. The van der Waals surface area contributed by atoms with Gasteiger partial charge >= 0.3 is 0 Å². The molecule has 0 radical (unpaired) electrons. The van der Waals surface area contributed by atoms with E-state index in [1.807, 2.05) is 43.3 Å². The maximum atomic E-state index is 13.3. The van der Waals surface area contributed by atoms with E-state index in [1.54, 1.807) is 12.0 Å². The molecule has 1 spiro atoms. The van der Waals surface area contributed by atoms with Gasteiger partial charge in [0.1, 0.15) is 0 Å². The fraction of sp³-hybridized carbons (Fsp3) is 0.458. The Hall–Kier alpha value is -2.57. The van der Waals surface area contributed by atoms with Crippen molar-refractivity contribution in [3.05, 3.63) is 53.1 Å². The zero-order valence-electron chi connectivity index (χ0n) is 18.1. The molecule has 0 unspecified atom stereocenters. The third kappa shape index (κ3) is 3.66. The van der Waals surface area contributed by atoms with Crippen LogP contribution in [0.4, 0.5) is 5.69 Å². The maximum Gasteiger partial charge on any atom is 0.292 e. The normalized spacial score (nSPS) is 17.1. The van der Waals surface area contributed by atoms with Gasteiger partial charge in [0.05, 0.1) is 39.2 Å². The largest absolute Gasteiger partial charge is 0.493 e. The molecule has 6 heteroatoms. The minimum absolute atomic E-state index is 0.183. The van der Waals surface area contributed by atoms with Crippen LogP contribution >= 0.6 is 0 Å². The highest BCUT2D eigenvalue weighted by molar-refractivity contribution is 6.06. The van der Waals surface area contributed by atoms with Crippen molar-refractivity contribution in [3.8, 4) is 11.5 Å². The Morgan fingerprint density at radius 3 is 2.57 bits per heavy atom. The molecule has 1 amide bonds. The summed E-state index contributed by atoms with van der Waals surface area (Å²) in [7, 11) is 1.63. The van der Waals surface area contributed by atoms with Gasteiger partial charge in [0.2, 0.25) is 0 Å². The summed E-state index contributed by atoms with van der Waals surface area (Å²) in [5.74, 6) is 0.453. The SMILES string of the molecule is COc1cc(CN2C(=O)C3(OCCO3)c3cc(C)ccc32)ccc1OCCC(C)C. The van der Waals surface area contributed by atoms with Gasteiger partial charge in [-0.25, -0.2) is 0 Å². The number of nitrogens with zero attached hydrogens (tertiary/aromatic N) is 1. The van der Waals surface area contributed by atoms with Gasteiger partial charge in [-0.05, 0) is 49.1 Å². The molecule has 4 rings (SSSR count). The molecule has 1 saturated heterocycles. The molecule has 2 aromatic carbocycles. The molecule has 2 aliphatic heterocycles. The van der Waals surface area contributed by atoms with E-state index in [2.05, 4.69) is 13.8 Å². The van der Waals surface area contributed by atoms with Gasteiger partial charge < -0.3 is 23.8 Å². The summed E-state index contributed by atoms with van der Waals surface area (Å²) >= 11 is 0. The lowest BCUT2D eigenvalue weighted by Crippen LogP contribution is -2.40. The van der Waals surface area contributed by atoms with Crippen molar-refractivity contribution in [3.63, 3.8) is 0 Å². The van der Waals surface area contributed by atoms with Gasteiger partial charge in [0, 0.05) is 5.56 Å². The third-order valence-electron chi connectivity index (χ3n) is 5.54. The van der Waals surface area contributed by atoms with Crippen molar-refractivity contribution in [1.82, 2.24) is 0 Å². The number of hydrogen-bond acceptors (Lipinski definition) is 5. The predicted octanol–water partition coefficient (Wildman–Crippen LogP) is 4.17. The second-order valence-corrected chi connectivity index (χ2v) is 8.24. The summed E-state index contributed by atoms with van der Waals surface area (Å²) in [5.41, 5.74) is 3.61. The Balaban J connectivity index is 1.59. The molecule has 30 heavy (non-hydrogen) atoms. The van der Waals surface area contributed by atoms with Crippen molar-refractivity contribution < 1.29 is 23.7 Å². The highest BCUT2D eigenvalue weighted by Crippen LogP contribution is 2.46. The van der Waals surface area contributed by atoms with Crippen LogP contribution in [-0.2, 0) is 26.6 Å². The number of aryl methyl sites for hydroxylation is 1. The van der Waals surface area contributed by atoms with E-state index >= 15 is 0 Å². The third-order valence-corrected chi connectivity index (χ3v) is 5.54. The van der Waals surface area contributed by atoms with Crippen molar-refractivity contribution in [2.24, 2.45) is 5.92 Å². The summed E-state index contributed by atoms with van der Waals surface area (Å²) in [6.45, 7) is 8.18. The molecular formula is C24H29NO5. The fourth-order valence-corrected chi connectivity index (χ4v) is 3.92. The molecule has 2 aromatic rings. The molecule has 6 nitrogen and oxygen atoms in total. The monoisotopic (exact) mass is 411 g/mol. The van der Waals surface area contributed by atoms with Gasteiger partial charge in [-0.15, -0.1) is 0 Å². The molecule has 1 fully saturated rings. The minimum Gasteiger partial charge on any atom is -0.493 e. The van der Waals surface area contributed by atoms with Gasteiger partial charge in [0.15, 0.2) is 11.5 Å². The van der Waals surface area contributed by atoms with Crippen molar-refractivity contribution in [2.45, 2.75) is 39.5 Å². The van der Waals surface area contributed by atoms with Crippen molar-refractivity contribution in [1.29, 1.82) is 0 Å². The average molecular weight is 411 g/mol. The Bertz CT molecular complexity index is 933. The first-order valence-corrected chi connectivity index (χ1v) is 10.5. The molecule has 0 N–H and O–H groups in total. The fourth-order valence-electron chi connectivity index (χ4n) is 3.92. The van der Waals surface area contributed by atoms with E-state index in [-0.39, 0.29) is 5.91 Å². The summed E-state index contributed by atoms with van der Waals surface area (Å²) in [4.78, 5) is 15.1. The number of benzene rings is 2. The lowest BCUT2D eigenvalue weighted by molar-refractivity contribution is -0.180. The summed E-state index contributed by atoms with van der Waals surface area (Å²) in [6, 6.07) is 11.7.